The van der Waals surface area contributed by atoms with Crippen molar-refractivity contribution in [3.05, 3.63) is 29.8 Å². The number of aliphatic carboxylic acids is 1. The standard InChI is InChI=1S/C9H10ClNO2/c10-5-7-1-3-8(4-2-7)11-6-9(12)13/h1-4,11H,5-6H2,(H,12,13). The lowest BCUT2D eigenvalue weighted by molar-refractivity contribution is -0.134. The number of benzene rings is 1. The van der Waals surface area contributed by atoms with Crippen LogP contribution in [0.3, 0.4) is 0 Å². The second-order valence-corrected chi connectivity index (χ2v) is 2.85. The van der Waals surface area contributed by atoms with Crippen LogP contribution in [0.2, 0.25) is 0 Å². The van der Waals surface area contributed by atoms with E-state index in [-0.39, 0.29) is 6.54 Å². The molecule has 3 nitrogen and oxygen atoms in total. The summed E-state index contributed by atoms with van der Waals surface area (Å²) in [6.07, 6.45) is 0. The second-order valence-electron chi connectivity index (χ2n) is 2.58. The quantitative estimate of drug-likeness (QED) is 0.729. The Hall–Kier alpha value is -1.22. The molecular formula is C9H10ClNO2. The lowest BCUT2D eigenvalue weighted by Gasteiger charge is -2.03. The van der Waals surface area contributed by atoms with E-state index in [0.717, 1.165) is 11.3 Å². The predicted molar refractivity (Wildman–Crippen MR) is 52.1 cm³/mol. The molecular weight excluding hydrogens is 190 g/mol. The van der Waals surface area contributed by atoms with E-state index in [4.69, 9.17) is 16.7 Å². The van der Waals surface area contributed by atoms with Crippen LogP contribution in [0.4, 0.5) is 5.69 Å². The van der Waals surface area contributed by atoms with Crippen LogP contribution in [-0.2, 0) is 10.7 Å². The Morgan fingerprint density at radius 1 is 1.38 bits per heavy atom. The first kappa shape index (κ1) is 9.86. The first-order chi connectivity index (χ1) is 6.22. The van der Waals surface area contributed by atoms with Crippen molar-refractivity contribution in [2.24, 2.45) is 0 Å². The van der Waals surface area contributed by atoms with Crippen LogP contribution in [0, 0.1) is 0 Å². The number of rotatable bonds is 4. The van der Waals surface area contributed by atoms with Gasteiger partial charge in [-0.05, 0) is 17.7 Å². The highest BCUT2D eigenvalue weighted by atomic mass is 35.5. The van der Waals surface area contributed by atoms with Gasteiger partial charge in [0, 0.05) is 11.6 Å². The van der Waals surface area contributed by atoms with Crippen molar-refractivity contribution in [2.45, 2.75) is 5.88 Å². The largest absolute Gasteiger partial charge is 0.480 e. The smallest absolute Gasteiger partial charge is 0.322 e. The van der Waals surface area contributed by atoms with E-state index in [0.29, 0.717) is 5.88 Å². The molecule has 0 aliphatic heterocycles. The summed E-state index contributed by atoms with van der Waals surface area (Å²) in [6, 6.07) is 7.33. The molecule has 0 fully saturated rings. The Balaban J connectivity index is 2.54. The highest BCUT2D eigenvalue weighted by molar-refractivity contribution is 6.17. The second kappa shape index (κ2) is 4.72. The summed E-state index contributed by atoms with van der Waals surface area (Å²) < 4.78 is 0. The van der Waals surface area contributed by atoms with Crippen LogP contribution in [0.15, 0.2) is 24.3 Å². The molecule has 0 saturated carbocycles. The van der Waals surface area contributed by atoms with E-state index in [1.807, 2.05) is 12.1 Å². The number of nitrogens with one attached hydrogen (secondary N) is 1. The molecule has 0 amide bonds. The number of carboxylic acids is 1. The third kappa shape index (κ3) is 3.34. The van der Waals surface area contributed by atoms with Gasteiger partial charge in [-0.15, -0.1) is 11.6 Å². The van der Waals surface area contributed by atoms with E-state index in [9.17, 15) is 4.79 Å². The van der Waals surface area contributed by atoms with E-state index >= 15 is 0 Å². The van der Waals surface area contributed by atoms with Gasteiger partial charge in [0.05, 0.1) is 0 Å². The summed E-state index contributed by atoms with van der Waals surface area (Å²) in [5.41, 5.74) is 1.80. The van der Waals surface area contributed by atoms with Gasteiger partial charge in [0.1, 0.15) is 6.54 Å². The topological polar surface area (TPSA) is 49.3 Å². The van der Waals surface area contributed by atoms with Gasteiger partial charge in [0.25, 0.3) is 0 Å². The highest BCUT2D eigenvalue weighted by Crippen LogP contribution is 2.10. The van der Waals surface area contributed by atoms with Crippen molar-refractivity contribution >= 4 is 23.3 Å². The van der Waals surface area contributed by atoms with Gasteiger partial charge in [0.2, 0.25) is 0 Å². The van der Waals surface area contributed by atoms with Crippen molar-refractivity contribution in [3.63, 3.8) is 0 Å². The molecule has 1 aromatic carbocycles. The van der Waals surface area contributed by atoms with Crippen molar-refractivity contribution < 1.29 is 9.90 Å². The number of halogens is 1. The monoisotopic (exact) mass is 199 g/mol. The third-order valence-corrected chi connectivity index (χ3v) is 1.86. The summed E-state index contributed by atoms with van der Waals surface area (Å²) in [5, 5.41) is 11.1. The van der Waals surface area contributed by atoms with E-state index in [1.165, 1.54) is 0 Å². The molecule has 0 radical (unpaired) electrons. The molecule has 70 valence electrons. The zero-order valence-electron chi connectivity index (χ0n) is 6.96. The van der Waals surface area contributed by atoms with Crippen molar-refractivity contribution in [1.29, 1.82) is 0 Å². The van der Waals surface area contributed by atoms with Gasteiger partial charge in [-0.2, -0.15) is 0 Å². The lowest BCUT2D eigenvalue weighted by atomic mass is 10.2. The van der Waals surface area contributed by atoms with Crippen molar-refractivity contribution in [3.8, 4) is 0 Å². The van der Waals surface area contributed by atoms with Crippen molar-refractivity contribution in [1.82, 2.24) is 0 Å². The van der Waals surface area contributed by atoms with Gasteiger partial charge in [0.15, 0.2) is 0 Å². The Morgan fingerprint density at radius 3 is 2.46 bits per heavy atom. The maximum absolute atomic E-state index is 10.2. The normalized spacial score (nSPS) is 9.62. The summed E-state index contributed by atoms with van der Waals surface area (Å²) in [7, 11) is 0. The zero-order chi connectivity index (χ0) is 9.68. The predicted octanol–water partition coefficient (Wildman–Crippen LogP) is 1.92. The van der Waals surface area contributed by atoms with Gasteiger partial charge in [-0.1, -0.05) is 12.1 Å². The summed E-state index contributed by atoms with van der Waals surface area (Å²) in [4.78, 5) is 10.2. The van der Waals surface area contributed by atoms with Crippen LogP contribution < -0.4 is 5.32 Å². The average molecular weight is 200 g/mol. The Kier molecular flexibility index (Phi) is 3.58. The zero-order valence-corrected chi connectivity index (χ0v) is 7.71. The number of anilines is 1. The van der Waals surface area contributed by atoms with Crippen LogP contribution in [0.5, 0.6) is 0 Å². The minimum Gasteiger partial charge on any atom is -0.480 e. The SMILES string of the molecule is O=C(O)CNc1ccc(CCl)cc1. The summed E-state index contributed by atoms with van der Waals surface area (Å²) in [6.45, 7) is -0.0692. The molecule has 0 atom stereocenters. The van der Waals surface area contributed by atoms with Crippen LogP contribution in [0.25, 0.3) is 0 Å². The molecule has 0 aromatic heterocycles. The number of hydrogen-bond donors (Lipinski definition) is 2. The van der Waals surface area contributed by atoms with Gasteiger partial charge in [-0.3, -0.25) is 4.79 Å². The van der Waals surface area contributed by atoms with E-state index < -0.39 is 5.97 Å². The molecule has 13 heavy (non-hydrogen) atoms. The molecule has 1 rings (SSSR count). The molecule has 0 saturated heterocycles. The Labute approximate surface area is 81.3 Å². The maximum Gasteiger partial charge on any atom is 0.322 e. The van der Waals surface area contributed by atoms with Crippen LogP contribution in [0.1, 0.15) is 5.56 Å². The maximum atomic E-state index is 10.2. The molecule has 2 N–H and O–H groups in total. The third-order valence-electron chi connectivity index (χ3n) is 1.55. The Bertz CT molecular complexity index is 284. The number of hydrogen-bond acceptors (Lipinski definition) is 2. The van der Waals surface area contributed by atoms with Crippen molar-refractivity contribution in [2.75, 3.05) is 11.9 Å². The minimum atomic E-state index is -0.874. The highest BCUT2D eigenvalue weighted by Gasteiger charge is 1.96. The van der Waals surface area contributed by atoms with Gasteiger partial charge < -0.3 is 10.4 Å². The first-order valence-electron chi connectivity index (χ1n) is 3.83. The fraction of sp³-hybridized carbons (Fsp3) is 0.222. The molecule has 0 heterocycles. The molecule has 4 heteroatoms. The molecule has 0 aliphatic carbocycles. The first-order valence-corrected chi connectivity index (χ1v) is 4.36. The molecule has 0 spiro atoms. The minimum absolute atomic E-state index is 0.0692. The van der Waals surface area contributed by atoms with Crippen LogP contribution >= 0.6 is 11.6 Å². The number of alkyl halides is 1. The summed E-state index contributed by atoms with van der Waals surface area (Å²) in [5.74, 6) is -0.402. The molecule has 0 bridgehead atoms. The fourth-order valence-electron chi connectivity index (χ4n) is 0.889. The fourth-order valence-corrected chi connectivity index (χ4v) is 1.07. The van der Waals surface area contributed by atoms with E-state index in [1.54, 1.807) is 12.1 Å². The Morgan fingerprint density at radius 2 is 2.00 bits per heavy atom. The molecule has 1 aromatic rings. The van der Waals surface area contributed by atoms with Crippen LogP contribution in [-0.4, -0.2) is 17.6 Å². The summed E-state index contributed by atoms with van der Waals surface area (Å²) >= 11 is 5.59. The van der Waals surface area contributed by atoms with Gasteiger partial charge in [-0.25, -0.2) is 0 Å². The lowest BCUT2D eigenvalue weighted by Crippen LogP contribution is -2.12. The number of carboxylic acid groups (broad SMARTS) is 1. The molecule has 0 unspecified atom stereocenters. The molecule has 0 aliphatic rings. The number of carbonyl (C=O) groups is 1. The van der Waals surface area contributed by atoms with Gasteiger partial charge >= 0.3 is 5.97 Å². The van der Waals surface area contributed by atoms with E-state index in [2.05, 4.69) is 5.32 Å². The average Bonchev–Trinajstić information content (AvgIpc) is 2.15.